The topological polar surface area (TPSA) is 87.7 Å². The number of rotatable bonds is 5. The Labute approximate surface area is 148 Å². The van der Waals surface area contributed by atoms with Crippen molar-refractivity contribution >= 4 is 40.4 Å². The minimum Gasteiger partial charge on any atom is -0.495 e. The number of methoxy groups -OCH3 is 1. The van der Waals surface area contributed by atoms with Crippen molar-refractivity contribution in [2.75, 3.05) is 19.0 Å². The van der Waals surface area contributed by atoms with Crippen LogP contribution in [-0.4, -0.2) is 30.6 Å². The Bertz CT molecular complexity index is 747. The predicted molar refractivity (Wildman–Crippen MR) is 93.7 cm³/mol. The molecule has 0 aliphatic carbocycles. The van der Waals surface area contributed by atoms with Gasteiger partial charge >= 0.3 is 11.8 Å². The van der Waals surface area contributed by atoms with Gasteiger partial charge in [-0.1, -0.05) is 11.6 Å². The first-order valence-corrected chi connectivity index (χ1v) is 8.33. The maximum absolute atomic E-state index is 12.0. The third kappa shape index (κ3) is 4.47. The van der Waals surface area contributed by atoms with Crippen LogP contribution in [0, 0.1) is 6.92 Å². The van der Waals surface area contributed by atoms with Gasteiger partial charge in [0, 0.05) is 16.4 Å². The quantitative estimate of drug-likeness (QED) is 0.707. The number of aliphatic hydroxyl groups is 1. The van der Waals surface area contributed by atoms with E-state index in [1.165, 1.54) is 24.5 Å². The fourth-order valence-corrected chi connectivity index (χ4v) is 3.13. The Hall–Kier alpha value is -2.09. The molecule has 2 aromatic rings. The zero-order valence-electron chi connectivity index (χ0n) is 13.1. The van der Waals surface area contributed by atoms with E-state index in [-0.39, 0.29) is 6.54 Å². The lowest BCUT2D eigenvalue weighted by Crippen LogP contribution is -2.37. The van der Waals surface area contributed by atoms with Crippen molar-refractivity contribution in [2.24, 2.45) is 0 Å². The molecule has 8 heteroatoms. The summed E-state index contributed by atoms with van der Waals surface area (Å²) in [5.74, 6) is -1.34. The molecule has 128 valence electrons. The highest BCUT2D eigenvalue weighted by molar-refractivity contribution is 7.10. The highest BCUT2D eigenvalue weighted by Crippen LogP contribution is 2.27. The fourth-order valence-electron chi connectivity index (χ4n) is 2.05. The maximum atomic E-state index is 12.0. The summed E-state index contributed by atoms with van der Waals surface area (Å²) >= 11 is 7.27. The molecular weight excluding hydrogens is 352 g/mol. The lowest BCUT2D eigenvalue weighted by atomic mass is 10.2. The van der Waals surface area contributed by atoms with Crippen molar-refractivity contribution in [1.82, 2.24) is 5.32 Å². The lowest BCUT2D eigenvalue weighted by Gasteiger charge is -2.13. The Morgan fingerprint density at radius 2 is 2.08 bits per heavy atom. The molecule has 2 amide bonds. The molecule has 1 aromatic carbocycles. The summed E-state index contributed by atoms with van der Waals surface area (Å²) in [4.78, 5) is 24.6. The summed E-state index contributed by atoms with van der Waals surface area (Å²) in [6, 6.07) is 6.55. The monoisotopic (exact) mass is 368 g/mol. The smallest absolute Gasteiger partial charge is 0.313 e. The van der Waals surface area contributed by atoms with E-state index in [1.54, 1.807) is 12.1 Å². The summed E-state index contributed by atoms with van der Waals surface area (Å²) in [5.41, 5.74) is 1.23. The molecule has 0 saturated carbocycles. The van der Waals surface area contributed by atoms with Gasteiger partial charge in [0.1, 0.15) is 11.9 Å². The number of ether oxygens (including phenoxy) is 1. The van der Waals surface area contributed by atoms with Crippen molar-refractivity contribution in [3.05, 3.63) is 45.1 Å². The van der Waals surface area contributed by atoms with Crippen molar-refractivity contribution in [2.45, 2.75) is 13.0 Å². The fraction of sp³-hybridized carbons (Fsp3) is 0.250. The highest BCUT2D eigenvalue weighted by atomic mass is 35.5. The molecule has 6 nitrogen and oxygen atoms in total. The third-order valence-electron chi connectivity index (χ3n) is 3.28. The van der Waals surface area contributed by atoms with Crippen LogP contribution in [0.2, 0.25) is 5.02 Å². The van der Waals surface area contributed by atoms with Gasteiger partial charge in [0.15, 0.2) is 0 Å². The molecule has 2 rings (SSSR count). The van der Waals surface area contributed by atoms with Gasteiger partial charge in [-0.05, 0) is 42.1 Å². The van der Waals surface area contributed by atoms with Gasteiger partial charge in [-0.3, -0.25) is 9.59 Å². The molecule has 1 heterocycles. The van der Waals surface area contributed by atoms with Crippen LogP contribution in [0.1, 0.15) is 16.5 Å². The molecule has 0 aliphatic rings. The molecule has 3 N–H and O–H groups in total. The summed E-state index contributed by atoms with van der Waals surface area (Å²) in [6.07, 6.45) is -0.859. The summed E-state index contributed by atoms with van der Waals surface area (Å²) in [6.45, 7) is 1.81. The van der Waals surface area contributed by atoms with E-state index in [9.17, 15) is 14.7 Å². The number of anilines is 1. The number of carbonyl (C=O) groups is 2. The predicted octanol–water partition coefficient (Wildman–Crippen LogP) is 2.51. The van der Waals surface area contributed by atoms with E-state index in [2.05, 4.69) is 10.6 Å². The minimum atomic E-state index is -0.870. The molecule has 0 spiro atoms. The average molecular weight is 369 g/mol. The number of amides is 2. The van der Waals surface area contributed by atoms with Crippen LogP contribution in [0.4, 0.5) is 5.69 Å². The Morgan fingerprint density at radius 3 is 2.71 bits per heavy atom. The van der Waals surface area contributed by atoms with Crippen LogP contribution in [0.15, 0.2) is 29.6 Å². The second-order valence-electron chi connectivity index (χ2n) is 4.99. The number of hydrogen-bond donors (Lipinski definition) is 3. The Kier molecular flexibility index (Phi) is 6.19. The molecule has 0 bridgehead atoms. The second-order valence-corrected chi connectivity index (χ2v) is 6.38. The number of thiophene rings is 1. The van der Waals surface area contributed by atoms with Gasteiger partial charge in [0.25, 0.3) is 0 Å². The van der Waals surface area contributed by atoms with Gasteiger partial charge in [0.05, 0.1) is 12.8 Å². The number of aliphatic hydroxyl groups excluding tert-OH is 1. The summed E-state index contributed by atoms with van der Waals surface area (Å²) < 4.78 is 5.10. The number of aryl methyl sites for hydroxylation is 1. The minimum absolute atomic E-state index is 0.0553. The molecule has 1 unspecified atom stereocenters. The van der Waals surface area contributed by atoms with Crippen molar-refractivity contribution in [1.29, 1.82) is 0 Å². The van der Waals surface area contributed by atoms with Crippen LogP contribution >= 0.6 is 22.9 Å². The number of carbonyl (C=O) groups excluding carboxylic acids is 2. The molecular formula is C16H17ClN2O4S. The molecule has 0 saturated heterocycles. The lowest BCUT2D eigenvalue weighted by molar-refractivity contribution is -0.136. The Morgan fingerprint density at radius 1 is 1.33 bits per heavy atom. The average Bonchev–Trinajstić information content (AvgIpc) is 2.98. The zero-order chi connectivity index (χ0) is 17.7. The van der Waals surface area contributed by atoms with E-state index in [0.29, 0.717) is 16.5 Å². The summed E-state index contributed by atoms with van der Waals surface area (Å²) in [7, 11) is 1.44. The number of benzene rings is 1. The Balaban J connectivity index is 1.94. The molecule has 0 radical (unpaired) electrons. The van der Waals surface area contributed by atoms with E-state index >= 15 is 0 Å². The SMILES string of the molecule is COc1ccc(Cl)cc1NC(=O)C(=O)NCC(O)c1sccc1C. The zero-order valence-corrected chi connectivity index (χ0v) is 14.7. The van der Waals surface area contributed by atoms with Crippen LogP contribution in [0.3, 0.4) is 0 Å². The first-order chi connectivity index (χ1) is 11.4. The van der Waals surface area contributed by atoms with Gasteiger partial charge in [0.2, 0.25) is 0 Å². The van der Waals surface area contributed by atoms with Gasteiger partial charge in [-0.2, -0.15) is 0 Å². The normalized spacial score (nSPS) is 11.7. The van der Waals surface area contributed by atoms with E-state index in [4.69, 9.17) is 16.3 Å². The number of halogens is 1. The largest absolute Gasteiger partial charge is 0.495 e. The molecule has 1 atom stereocenters. The second kappa shape index (κ2) is 8.14. The highest BCUT2D eigenvalue weighted by Gasteiger charge is 2.19. The number of nitrogens with one attached hydrogen (secondary N) is 2. The maximum Gasteiger partial charge on any atom is 0.313 e. The van der Waals surface area contributed by atoms with Crippen molar-refractivity contribution in [3.63, 3.8) is 0 Å². The van der Waals surface area contributed by atoms with Gasteiger partial charge in [-0.15, -0.1) is 11.3 Å². The van der Waals surface area contributed by atoms with Gasteiger partial charge < -0.3 is 20.5 Å². The standard InChI is InChI=1S/C16H17ClN2O4S/c1-9-5-6-24-14(9)12(20)8-18-15(21)16(22)19-11-7-10(17)3-4-13(11)23-2/h3-7,12,20H,8H2,1-2H3,(H,18,21)(H,19,22). The first kappa shape index (κ1) is 18.3. The van der Waals surface area contributed by atoms with Crippen LogP contribution < -0.4 is 15.4 Å². The molecule has 0 aliphatic heterocycles. The third-order valence-corrected chi connectivity index (χ3v) is 4.63. The van der Waals surface area contributed by atoms with Crippen molar-refractivity contribution < 1.29 is 19.4 Å². The molecule has 1 aromatic heterocycles. The summed E-state index contributed by atoms with van der Waals surface area (Å²) in [5, 5.41) is 17.1. The van der Waals surface area contributed by atoms with Crippen LogP contribution in [0.5, 0.6) is 5.75 Å². The van der Waals surface area contributed by atoms with E-state index in [0.717, 1.165) is 10.4 Å². The van der Waals surface area contributed by atoms with E-state index in [1.807, 2.05) is 18.4 Å². The number of hydrogen-bond acceptors (Lipinski definition) is 5. The van der Waals surface area contributed by atoms with Gasteiger partial charge in [-0.25, -0.2) is 0 Å². The molecule has 24 heavy (non-hydrogen) atoms. The molecule has 0 fully saturated rings. The van der Waals surface area contributed by atoms with Crippen molar-refractivity contribution in [3.8, 4) is 5.75 Å². The van der Waals surface area contributed by atoms with E-state index < -0.39 is 17.9 Å². The first-order valence-electron chi connectivity index (χ1n) is 7.07. The van der Waals surface area contributed by atoms with Crippen LogP contribution in [-0.2, 0) is 9.59 Å². The van der Waals surface area contributed by atoms with Crippen LogP contribution in [0.25, 0.3) is 0 Å².